The minimum Gasteiger partial charge on any atom is -0.493 e. The largest absolute Gasteiger partial charge is 0.493 e. The van der Waals surface area contributed by atoms with Crippen LogP contribution in [0, 0.1) is 0 Å². The Kier molecular flexibility index (Phi) is 7.78. The van der Waals surface area contributed by atoms with E-state index in [2.05, 4.69) is 20.8 Å². The number of ether oxygens (including phenoxy) is 2. The molecule has 0 radical (unpaired) electrons. The standard InChI is InChI=1S/C18H29NO3/c1-6-8-9-12-19(14(3)4)18(20)15-10-11-16(22-7-2)17(13-15)21-5/h10-11,13-14H,6-9,12H2,1-5H3. The summed E-state index contributed by atoms with van der Waals surface area (Å²) in [7, 11) is 1.59. The van der Waals surface area contributed by atoms with E-state index in [4.69, 9.17) is 9.47 Å². The Balaban J connectivity index is 2.93. The van der Waals surface area contributed by atoms with Crippen molar-refractivity contribution in [3.05, 3.63) is 23.8 Å². The molecule has 0 atom stereocenters. The summed E-state index contributed by atoms with van der Waals surface area (Å²) >= 11 is 0. The average molecular weight is 307 g/mol. The van der Waals surface area contributed by atoms with Crippen LogP contribution in [0.3, 0.4) is 0 Å². The minimum absolute atomic E-state index is 0.0486. The van der Waals surface area contributed by atoms with Crippen LogP contribution in [0.4, 0.5) is 0 Å². The number of amides is 1. The molecule has 4 heteroatoms. The quantitative estimate of drug-likeness (QED) is 0.644. The molecule has 0 aliphatic carbocycles. The van der Waals surface area contributed by atoms with E-state index < -0.39 is 0 Å². The van der Waals surface area contributed by atoms with Gasteiger partial charge in [0.15, 0.2) is 11.5 Å². The summed E-state index contributed by atoms with van der Waals surface area (Å²) in [5.41, 5.74) is 0.644. The Labute approximate surface area is 134 Å². The molecule has 0 spiro atoms. The van der Waals surface area contributed by atoms with Crippen LogP contribution in [0.25, 0.3) is 0 Å². The zero-order valence-corrected chi connectivity index (χ0v) is 14.5. The fourth-order valence-electron chi connectivity index (χ4n) is 2.37. The first kappa shape index (κ1) is 18.3. The maximum Gasteiger partial charge on any atom is 0.254 e. The number of hydrogen-bond acceptors (Lipinski definition) is 3. The van der Waals surface area contributed by atoms with Crippen LogP contribution in [-0.4, -0.2) is 37.1 Å². The van der Waals surface area contributed by atoms with Gasteiger partial charge in [0.2, 0.25) is 0 Å². The highest BCUT2D eigenvalue weighted by molar-refractivity contribution is 5.95. The number of hydrogen-bond donors (Lipinski definition) is 0. The molecule has 0 N–H and O–H groups in total. The first-order valence-electron chi connectivity index (χ1n) is 8.16. The zero-order chi connectivity index (χ0) is 16.5. The van der Waals surface area contributed by atoms with Gasteiger partial charge in [-0.1, -0.05) is 19.8 Å². The number of carbonyl (C=O) groups excluding carboxylic acids is 1. The van der Waals surface area contributed by atoms with E-state index in [-0.39, 0.29) is 11.9 Å². The smallest absolute Gasteiger partial charge is 0.254 e. The molecule has 1 rings (SSSR count). The lowest BCUT2D eigenvalue weighted by molar-refractivity contribution is 0.0702. The van der Waals surface area contributed by atoms with Crippen molar-refractivity contribution in [3.63, 3.8) is 0 Å². The topological polar surface area (TPSA) is 38.8 Å². The summed E-state index contributed by atoms with van der Waals surface area (Å²) < 4.78 is 10.8. The van der Waals surface area contributed by atoms with Gasteiger partial charge in [0.1, 0.15) is 0 Å². The maximum absolute atomic E-state index is 12.7. The van der Waals surface area contributed by atoms with Crippen molar-refractivity contribution in [1.82, 2.24) is 4.90 Å². The normalized spacial score (nSPS) is 10.6. The van der Waals surface area contributed by atoms with Crippen molar-refractivity contribution in [2.45, 2.75) is 53.0 Å². The second-order valence-electron chi connectivity index (χ2n) is 5.60. The van der Waals surface area contributed by atoms with Crippen LogP contribution in [0.2, 0.25) is 0 Å². The molecule has 0 saturated carbocycles. The molecule has 0 aliphatic heterocycles. The third-order valence-corrected chi connectivity index (χ3v) is 3.60. The van der Waals surface area contributed by atoms with E-state index in [0.717, 1.165) is 25.8 Å². The molecule has 1 aromatic rings. The van der Waals surface area contributed by atoms with Crippen molar-refractivity contribution in [2.75, 3.05) is 20.3 Å². The Hall–Kier alpha value is -1.71. The number of benzene rings is 1. The molecule has 22 heavy (non-hydrogen) atoms. The summed E-state index contributed by atoms with van der Waals surface area (Å²) in [5.74, 6) is 1.32. The van der Waals surface area contributed by atoms with Gasteiger partial charge in [0, 0.05) is 18.2 Å². The molecule has 124 valence electrons. The van der Waals surface area contributed by atoms with Crippen LogP contribution in [-0.2, 0) is 0 Å². The molecule has 1 amide bonds. The Bertz CT molecular complexity index is 471. The van der Waals surface area contributed by atoms with Gasteiger partial charge in [0.25, 0.3) is 5.91 Å². The van der Waals surface area contributed by atoms with Gasteiger partial charge < -0.3 is 14.4 Å². The molecule has 4 nitrogen and oxygen atoms in total. The van der Waals surface area contributed by atoms with Crippen LogP contribution >= 0.6 is 0 Å². The zero-order valence-electron chi connectivity index (χ0n) is 14.5. The summed E-state index contributed by atoms with van der Waals surface area (Å²) in [5, 5.41) is 0. The van der Waals surface area contributed by atoms with Gasteiger partial charge in [-0.05, 0) is 45.4 Å². The van der Waals surface area contributed by atoms with Crippen LogP contribution in [0.15, 0.2) is 18.2 Å². The second kappa shape index (κ2) is 9.34. The predicted molar refractivity (Wildman–Crippen MR) is 89.9 cm³/mol. The number of nitrogens with zero attached hydrogens (tertiary/aromatic N) is 1. The second-order valence-corrected chi connectivity index (χ2v) is 5.60. The first-order valence-corrected chi connectivity index (χ1v) is 8.16. The number of methoxy groups -OCH3 is 1. The van der Waals surface area contributed by atoms with Crippen molar-refractivity contribution in [1.29, 1.82) is 0 Å². The SMILES string of the molecule is CCCCCN(C(=O)c1ccc(OCC)c(OC)c1)C(C)C. The van der Waals surface area contributed by atoms with Crippen molar-refractivity contribution in [2.24, 2.45) is 0 Å². The average Bonchev–Trinajstić information content (AvgIpc) is 2.51. The summed E-state index contributed by atoms with van der Waals surface area (Å²) in [6.45, 7) is 9.55. The molecule has 0 bridgehead atoms. The highest BCUT2D eigenvalue weighted by Gasteiger charge is 2.19. The van der Waals surface area contributed by atoms with Crippen LogP contribution < -0.4 is 9.47 Å². The minimum atomic E-state index is 0.0486. The van der Waals surface area contributed by atoms with Crippen LogP contribution in [0.5, 0.6) is 11.5 Å². The summed E-state index contributed by atoms with van der Waals surface area (Å²) in [4.78, 5) is 14.7. The molecule has 1 aromatic carbocycles. The molecule has 0 unspecified atom stereocenters. The van der Waals surface area contributed by atoms with E-state index in [1.54, 1.807) is 19.2 Å². The van der Waals surface area contributed by atoms with Crippen molar-refractivity contribution in [3.8, 4) is 11.5 Å². The van der Waals surface area contributed by atoms with E-state index in [9.17, 15) is 4.79 Å². The Morgan fingerprint density at radius 1 is 1.18 bits per heavy atom. The summed E-state index contributed by atoms with van der Waals surface area (Å²) in [6, 6.07) is 5.56. The molecular weight excluding hydrogens is 278 g/mol. The third kappa shape index (κ3) is 4.93. The van der Waals surface area contributed by atoms with E-state index in [1.165, 1.54) is 0 Å². The van der Waals surface area contributed by atoms with E-state index in [0.29, 0.717) is 23.7 Å². The van der Waals surface area contributed by atoms with Crippen LogP contribution in [0.1, 0.15) is 57.3 Å². The lowest BCUT2D eigenvalue weighted by atomic mass is 10.1. The van der Waals surface area contributed by atoms with Gasteiger partial charge in [-0.15, -0.1) is 0 Å². The monoisotopic (exact) mass is 307 g/mol. The lowest BCUT2D eigenvalue weighted by Crippen LogP contribution is -2.37. The Morgan fingerprint density at radius 3 is 2.45 bits per heavy atom. The summed E-state index contributed by atoms with van der Waals surface area (Å²) in [6.07, 6.45) is 3.33. The first-order chi connectivity index (χ1) is 10.5. The maximum atomic E-state index is 12.7. The highest BCUT2D eigenvalue weighted by atomic mass is 16.5. The molecule has 0 saturated heterocycles. The van der Waals surface area contributed by atoms with Gasteiger partial charge in [0.05, 0.1) is 13.7 Å². The number of rotatable bonds is 9. The predicted octanol–water partition coefficient (Wildman–Crippen LogP) is 4.13. The molecule has 0 aromatic heterocycles. The van der Waals surface area contributed by atoms with Gasteiger partial charge >= 0.3 is 0 Å². The van der Waals surface area contributed by atoms with Gasteiger partial charge in [-0.3, -0.25) is 4.79 Å². The number of carbonyl (C=O) groups is 1. The molecule has 0 heterocycles. The lowest BCUT2D eigenvalue weighted by Gasteiger charge is -2.27. The fraction of sp³-hybridized carbons (Fsp3) is 0.611. The molecular formula is C18H29NO3. The van der Waals surface area contributed by atoms with Gasteiger partial charge in [-0.25, -0.2) is 0 Å². The molecule has 0 fully saturated rings. The van der Waals surface area contributed by atoms with Crippen molar-refractivity contribution >= 4 is 5.91 Å². The van der Waals surface area contributed by atoms with E-state index in [1.807, 2.05) is 17.9 Å². The third-order valence-electron chi connectivity index (χ3n) is 3.60. The van der Waals surface area contributed by atoms with Gasteiger partial charge in [-0.2, -0.15) is 0 Å². The highest BCUT2D eigenvalue weighted by Crippen LogP contribution is 2.28. The Morgan fingerprint density at radius 2 is 1.91 bits per heavy atom. The van der Waals surface area contributed by atoms with Crippen molar-refractivity contribution < 1.29 is 14.3 Å². The number of unbranched alkanes of at least 4 members (excludes halogenated alkanes) is 2. The van der Waals surface area contributed by atoms with E-state index >= 15 is 0 Å². The fourth-order valence-corrected chi connectivity index (χ4v) is 2.37. The molecule has 0 aliphatic rings.